The third-order valence-electron chi connectivity index (χ3n) is 5.34. The minimum absolute atomic E-state index is 0.0127. The summed E-state index contributed by atoms with van der Waals surface area (Å²) >= 11 is 0. The highest BCUT2D eigenvalue weighted by Gasteiger charge is 2.17. The zero-order valence-corrected chi connectivity index (χ0v) is 17.7. The van der Waals surface area contributed by atoms with E-state index in [1.54, 1.807) is 6.08 Å². The van der Waals surface area contributed by atoms with Gasteiger partial charge in [0.05, 0.1) is 11.4 Å². The summed E-state index contributed by atoms with van der Waals surface area (Å²) in [4.78, 5) is 17.7. The molecule has 0 unspecified atom stereocenters. The van der Waals surface area contributed by atoms with Crippen molar-refractivity contribution in [1.82, 2.24) is 9.38 Å². The fourth-order valence-electron chi connectivity index (χ4n) is 3.47. The second-order valence-corrected chi connectivity index (χ2v) is 7.52. The molecular weight excluding hydrogens is 384 g/mol. The van der Waals surface area contributed by atoms with Gasteiger partial charge >= 0.3 is 0 Å². The summed E-state index contributed by atoms with van der Waals surface area (Å²) in [6.45, 7) is 5.99. The summed E-state index contributed by atoms with van der Waals surface area (Å²) < 4.78 is 1.91. The Bertz CT molecular complexity index is 1360. The minimum atomic E-state index is -0.452. The molecule has 0 bridgehead atoms. The van der Waals surface area contributed by atoms with Crippen molar-refractivity contribution in [2.75, 3.05) is 5.32 Å². The monoisotopic (exact) mass is 406 g/mol. The second-order valence-electron chi connectivity index (χ2n) is 7.52. The number of hydrogen-bond acceptors (Lipinski definition) is 3. The highest BCUT2D eigenvalue weighted by Crippen LogP contribution is 2.28. The first-order valence-electron chi connectivity index (χ1n) is 10.0. The first kappa shape index (κ1) is 20.1. The molecule has 5 heteroatoms. The number of amides is 1. The second kappa shape index (κ2) is 8.29. The SMILES string of the molecule is Cc1ccc(NC(=O)/C(C#N)=C/c2c(-c3ccccc3)nc3c(C)cccn23)cc1C. The minimum Gasteiger partial charge on any atom is -0.321 e. The standard InChI is InChI=1S/C26H22N4O/c1-17-11-12-22(14-19(17)3)28-26(31)21(16-27)15-23-24(20-9-5-4-6-10-20)29-25-18(2)8-7-13-30(23)25/h4-15H,1-3H3,(H,28,31)/b21-15+. The van der Waals surface area contributed by atoms with Crippen LogP contribution in [0.15, 0.2) is 72.4 Å². The molecule has 0 saturated carbocycles. The van der Waals surface area contributed by atoms with E-state index in [1.807, 2.05) is 92.0 Å². The fraction of sp³-hybridized carbons (Fsp3) is 0.115. The van der Waals surface area contributed by atoms with Gasteiger partial charge < -0.3 is 5.32 Å². The Morgan fingerprint density at radius 3 is 2.48 bits per heavy atom. The number of fused-ring (bicyclic) bond motifs is 1. The molecule has 0 aliphatic carbocycles. The molecule has 0 fully saturated rings. The maximum Gasteiger partial charge on any atom is 0.266 e. The molecule has 0 radical (unpaired) electrons. The van der Waals surface area contributed by atoms with Crippen molar-refractivity contribution in [3.05, 3.63) is 94.8 Å². The molecule has 152 valence electrons. The molecule has 4 aromatic rings. The largest absolute Gasteiger partial charge is 0.321 e. The maximum absolute atomic E-state index is 12.9. The number of benzene rings is 2. The lowest BCUT2D eigenvalue weighted by atomic mass is 10.1. The first-order valence-corrected chi connectivity index (χ1v) is 10.0. The van der Waals surface area contributed by atoms with Gasteiger partial charge in [0.2, 0.25) is 0 Å². The average molecular weight is 406 g/mol. The van der Waals surface area contributed by atoms with Crippen LogP contribution >= 0.6 is 0 Å². The van der Waals surface area contributed by atoms with E-state index in [1.165, 1.54) is 0 Å². The Labute approximate surface area is 181 Å². The highest BCUT2D eigenvalue weighted by molar-refractivity contribution is 6.10. The van der Waals surface area contributed by atoms with Crippen LogP contribution in [-0.2, 0) is 4.79 Å². The van der Waals surface area contributed by atoms with Crippen molar-refractivity contribution in [3.8, 4) is 17.3 Å². The van der Waals surface area contributed by atoms with Crippen molar-refractivity contribution in [1.29, 1.82) is 5.26 Å². The van der Waals surface area contributed by atoms with Crippen LogP contribution in [0.2, 0.25) is 0 Å². The molecule has 31 heavy (non-hydrogen) atoms. The third kappa shape index (κ3) is 3.96. The summed E-state index contributed by atoms with van der Waals surface area (Å²) in [7, 11) is 0. The lowest BCUT2D eigenvalue weighted by Gasteiger charge is -2.07. The third-order valence-corrected chi connectivity index (χ3v) is 5.34. The summed E-state index contributed by atoms with van der Waals surface area (Å²) in [5, 5.41) is 12.6. The maximum atomic E-state index is 12.9. The average Bonchev–Trinajstić information content (AvgIpc) is 3.15. The molecule has 0 aliphatic rings. The Morgan fingerprint density at radius 1 is 1.00 bits per heavy atom. The number of nitrogens with one attached hydrogen (secondary N) is 1. The van der Waals surface area contributed by atoms with Gasteiger partial charge in [-0.2, -0.15) is 5.26 Å². The van der Waals surface area contributed by atoms with E-state index < -0.39 is 5.91 Å². The number of pyridine rings is 1. The van der Waals surface area contributed by atoms with E-state index >= 15 is 0 Å². The number of aromatic nitrogens is 2. The normalized spacial score (nSPS) is 11.4. The summed E-state index contributed by atoms with van der Waals surface area (Å²) in [5.41, 5.74) is 7.02. The molecule has 4 rings (SSSR count). The van der Waals surface area contributed by atoms with Gasteiger partial charge in [0, 0.05) is 17.4 Å². The number of hydrogen-bond donors (Lipinski definition) is 1. The van der Waals surface area contributed by atoms with E-state index in [-0.39, 0.29) is 5.57 Å². The fourth-order valence-corrected chi connectivity index (χ4v) is 3.47. The Morgan fingerprint density at radius 2 is 1.77 bits per heavy atom. The van der Waals surface area contributed by atoms with Crippen LogP contribution in [0.5, 0.6) is 0 Å². The van der Waals surface area contributed by atoms with Gasteiger partial charge in [-0.25, -0.2) is 4.98 Å². The van der Waals surface area contributed by atoms with E-state index in [0.29, 0.717) is 11.4 Å². The van der Waals surface area contributed by atoms with E-state index in [2.05, 4.69) is 11.4 Å². The highest BCUT2D eigenvalue weighted by atomic mass is 16.1. The summed E-state index contributed by atoms with van der Waals surface area (Å²) in [6.07, 6.45) is 3.50. The number of nitriles is 1. The Kier molecular flexibility index (Phi) is 5.38. The van der Waals surface area contributed by atoms with Crippen LogP contribution in [0, 0.1) is 32.1 Å². The number of aryl methyl sites for hydroxylation is 3. The number of rotatable bonds is 4. The van der Waals surface area contributed by atoms with Crippen LogP contribution in [0.3, 0.4) is 0 Å². The molecule has 2 aromatic carbocycles. The molecule has 5 nitrogen and oxygen atoms in total. The van der Waals surface area contributed by atoms with Gasteiger partial charge in [-0.3, -0.25) is 9.20 Å². The molecule has 1 N–H and O–H groups in total. The molecule has 0 atom stereocenters. The quantitative estimate of drug-likeness (QED) is 0.361. The van der Waals surface area contributed by atoms with Crippen molar-refractivity contribution >= 4 is 23.3 Å². The van der Waals surface area contributed by atoms with E-state index in [9.17, 15) is 10.1 Å². The first-order chi connectivity index (χ1) is 15.0. The lowest BCUT2D eigenvalue weighted by molar-refractivity contribution is -0.112. The Balaban J connectivity index is 1.81. The smallest absolute Gasteiger partial charge is 0.266 e. The lowest BCUT2D eigenvalue weighted by Crippen LogP contribution is -2.13. The number of nitrogens with zero attached hydrogens (tertiary/aromatic N) is 3. The topological polar surface area (TPSA) is 70.2 Å². The molecule has 0 aliphatic heterocycles. The van der Waals surface area contributed by atoms with Crippen LogP contribution in [-0.4, -0.2) is 15.3 Å². The van der Waals surface area contributed by atoms with Crippen LogP contribution in [0.4, 0.5) is 5.69 Å². The Hall–Kier alpha value is -4.17. The van der Waals surface area contributed by atoms with Crippen molar-refractivity contribution in [2.45, 2.75) is 20.8 Å². The zero-order chi connectivity index (χ0) is 22.0. The predicted molar refractivity (Wildman–Crippen MR) is 124 cm³/mol. The molecule has 0 spiro atoms. The summed E-state index contributed by atoms with van der Waals surface area (Å²) in [6, 6.07) is 21.4. The molecule has 2 heterocycles. The molecule has 2 aromatic heterocycles. The van der Waals surface area contributed by atoms with E-state index in [4.69, 9.17) is 4.98 Å². The number of anilines is 1. The predicted octanol–water partition coefficient (Wildman–Crippen LogP) is 5.47. The van der Waals surface area contributed by atoms with Crippen LogP contribution in [0.25, 0.3) is 23.0 Å². The van der Waals surface area contributed by atoms with Gasteiger partial charge in [0.1, 0.15) is 17.3 Å². The van der Waals surface area contributed by atoms with Crippen molar-refractivity contribution < 1.29 is 4.79 Å². The molecular formula is C26H22N4O. The summed E-state index contributed by atoms with van der Waals surface area (Å²) in [5.74, 6) is -0.452. The zero-order valence-electron chi connectivity index (χ0n) is 17.7. The number of carbonyl (C=O) groups excluding carboxylic acids is 1. The van der Waals surface area contributed by atoms with E-state index in [0.717, 1.165) is 33.6 Å². The van der Waals surface area contributed by atoms with Gasteiger partial charge in [0.15, 0.2) is 0 Å². The van der Waals surface area contributed by atoms with Crippen molar-refractivity contribution in [3.63, 3.8) is 0 Å². The van der Waals surface area contributed by atoms with Gasteiger partial charge in [-0.15, -0.1) is 0 Å². The van der Waals surface area contributed by atoms with Gasteiger partial charge in [-0.05, 0) is 61.7 Å². The van der Waals surface area contributed by atoms with Gasteiger partial charge in [-0.1, -0.05) is 42.5 Å². The van der Waals surface area contributed by atoms with Crippen molar-refractivity contribution in [2.24, 2.45) is 0 Å². The number of imidazole rings is 1. The molecule has 0 saturated heterocycles. The van der Waals surface area contributed by atoms with Crippen LogP contribution < -0.4 is 5.32 Å². The van der Waals surface area contributed by atoms with Gasteiger partial charge in [0.25, 0.3) is 5.91 Å². The number of carbonyl (C=O) groups is 1. The van der Waals surface area contributed by atoms with Crippen LogP contribution in [0.1, 0.15) is 22.4 Å². The molecule has 1 amide bonds.